The van der Waals surface area contributed by atoms with Crippen molar-refractivity contribution in [3.8, 4) is 11.4 Å². The fourth-order valence-electron chi connectivity index (χ4n) is 3.48. The van der Waals surface area contributed by atoms with E-state index in [-0.39, 0.29) is 23.4 Å². The van der Waals surface area contributed by atoms with E-state index < -0.39 is 5.91 Å². The average Bonchev–Trinajstić information content (AvgIpc) is 2.74. The summed E-state index contributed by atoms with van der Waals surface area (Å²) in [6.45, 7) is 1.59. The first-order valence-electron chi connectivity index (χ1n) is 9.62. The Morgan fingerprint density at radius 3 is 2.73 bits per heavy atom. The third-order valence-corrected chi connectivity index (χ3v) is 4.92. The van der Waals surface area contributed by atoms with Gasteiger partial charge in [0.2, 0.25) is 5.95 Å². The second-order valence-corrected chi connectivity index (χ2v) is 7.13. The van der Waals surface area contributed by atoms with Crippen LogP contribution >= 0.6 is 0 Å². The van der Waals surface area contributed by atoms with Gasteiger partial charge in [0.05, 0.1) is 34.6 Å². The van der Waals surface area contributed by atoms with Crippen molar-refractivity contribution in [3.63, 3.8) is 0 Å². The molecule has 0 aliphatic carbocycles. The molecule has 154 valence electrons. The van der Waals surface area contributed by atoms with Crippen LogP contribution in [0.4, 0.5) is 23.0 Å². The number of nitrogens with zero attached hydrogens (tertiary/aromatic N) is 5. The summed E-state index contributed by atoms with van der Waals surface area (Å²) in [5, 5.41) is 2.89. The maximum Gasteiger partial charge on any atom is 0.276 e. The Bertz CT molecular complexity index is 1070. The van der Waals surface area contributed by atoms with E-state index in [9.17, 15) is 4.79 Å². The van der Waals surface area contributed by atoms with Crippen molar-refractivity contribution in [2.24, 2.45) is 5.73 Å². The number of amides is 1. The lowest BCUT2D eigenvalue weighted by Gasteiger charge is -2.33. The van der Waals surface area contributed by atoms with E-state index in [4.69, 9.17) is 17.2 Å². The van der Waals surface area contributed by atoms with E-state index in [0.29, 0.717) is 17.1 Å². The number of hydrogen-bond acceptors (Lipinski definition) is 9. The molecule has 1 amide bonds. The first kappa shape index (κ1) is 19.5. The zero-order valence-corrected chi connectivity index (χ0v) is 16.3. The summed E-state index contributed by atoms with van der Waals surface area (Å²) in [5.41, 5.74) is 20.6. The molecule has 10 nitrogen and oxygen atoms in total. The van der Waals surface area contributed by atoms with E-state index in [1.54, 1.807) is 30.6 Å². The number of nitrogens with one attached hydrogen (secondary N) is 1. The van der Waals surface area contributed by atoms with Crippen molar-refractivity contribution in [1.82, 2.24) is 19.9 Å². The molecule has 1 fully saturated rings. The highest BCUT2D eigenvalue weighted by molar-refractivity contribution is 6.07. The van der Waals surface area contributed by atoms with Crippen molar-refractivity contribution in [2.45, 2.75) is 18.9 Å². The normalized spacial score (nSPS) is 16.3. The zero-order valence-electron chi connectivity index (χ0n) is 16.3. The molecule has 10 heteroatoms. The maximum absolute atomic E-state index is 13.0. The number of rotatable bonds is 4. The van der Waals surface area contributed by atoms with Crippen LogP contribution in [-0.4, -0.2) is 45.0 Å². The average molecular weight is 405 g/mol. The van der Waals surface area contributed by atoms with Gasteiger partial charge in [-0.1, -0.05) is 0 Å². The summed E-state index contributed by atoms with van der Waals surface area (Å²) >= 11 is 0. The number of nitrogen functional groups attached to an aromatic ring is 2. The molecule has 0 bridgehead atoms. The van der Waals surface area contributed by atoms with Gasteiger partial charge in [-0.3, -0.25) is 9.78 Å². The predicted molar refractivity (Wildman–Crippen MR) is 116 cm³/mol. The summed E-state index contributed by atoms with van der Waals surface area (Å²) in [5.74, 6) is -0.316. The maximum atomic E-state index is 13.0. The van der Waals surface area contributed by atoms with Crippen LogP contribution in [0.15, 0.2) is 42.9 Å². The molecule has 3 aromatic rings. The first-order valence-corrected chi connectivity index (χ1v) is 9.62. The highest BCUT2D eigenvalue weighted by Gasteiger charge is 2.21. The molecular weight excluding hydrogens is 382 g/mol. The predicted octanol–water partition coefficient (Wildman–Crippen LogP) is 1.28. The number of anilines is 4. The standard InChI is InChI=1S/C20H23N9O/c21-12-2-1-9-29(11-12)17-6-7-24-10-16(17)27-19(30)18-13(22)3-4-14(26-18)15-5-8-25-20(23)28-15/h3-8,10,12H,1-2,9,11,21-22H2,(H,27,30)(H2,23,25,28)/t12-/m0/s1. The van der Waals surface area contributed by atoms with E-state index in [0.717, 1.165) is 31.6 Å². The van der Waals surface area contributed by atoms with Gasteiger partial charge in [0.25, 0.3) is 5.91 Å². The molecule has 7 N–H and O–H groups in total. The Balaban J connectivity index is 1.61. The van der Waals surface area contributed by atoms with Gasteiger partial charge in [-0.25, -0.2) is 15.0 Å². The van der Waals surface area contributed by atoms with Crippen LogP contribution in [0, 0.1) is 0 Å². The van der Waals surface area contributed by atoms with E-state index in [1.807, 2.05) is 6.07 Å². The van der Waals surface area contributed by atoms with Gasteiger partial charge in [-0.15, -0.1) is 0 Å². The van der Waals surface area contributed by atoms with E-state index >= 15 is 0 Å². The number of piperidine rings is 1. The van der Waals surface area contributed by atoms with Gasteiger partial charge >= 0.3 is 0 Å². The van der Waals surface area contributed by atoms with Crippen LogP contribution in [0.5, 0.6) is 0 Å². The topological polar surface area (TPSA) is 162 Å². The molecule has 0 unspecified atom stereocenters. The summed E-state index contributed by atoms with van der Waals surface area (Å²) in [6, 6.07) is 6.92. The van der Waals surface area contributed by atoms with Gasteiger partial charge in [-0.2, -0.15) is 0 Å². The Labute approximate surface area is 173 Å². The Kier molecular flexibility index (Phi) is 5.40. The number of aromatic nitrogens is 4. The monoisotopic (exact) mass is 405 g/mol. The molecule has 4 rings (SSSR count). The second-order valence-electron chi connectivity index (χ2n) is 7.13. The van der Waals surface area contributed by atoms with Crippen LogP contribution in [0.1, 0.15) is 23.3 Å². The molecule has 0 radical (unpaired) electrons. The minimum Gasteiger partial charge on any atom is -0.397 e. The molecule has 1 atom stereocenters. The first-order chi connectivity index (χ1) is 14.5. The van der Waals surface area contributed by atoms with E-state index in [2.05, 4.69) is 30.2 Å². The van der Waals surface area contributed by atoms with Crippen molar-refractivity contribution in [3.05, 3.63) is 48.5 Å². The lowest BCUT2D eigenvalue weighted by atomic mass is 10.1. The third-order valence-electron chi connectivity index (χ3n) is 4.92. The zero-order chi connectivity index (χ0) is 21.1. The van der Waals surface area contributed by atoms with Gasteiger partial charge < -0.3 is 27.4 Å². The van der Waals surface area contributed by atoms with Gasteiger partial charge in [0.15, 0.2) is 5.69 Å². The highest BCUT2D eigenvalue weighted by atomic mass is 16.1. The molecule has 4 heterocycles. The second kappa shape index (κ2) is 8.29. The van der Waals surface area contributed by atoms with Gasteiger partial charge in [0, 0.05) is 31.5 Å². The lowest BCUT2D eigenvalue weighted by molar-refractivity contribution is 0.102. The molecule has 3 aromatic heterocycles. The molecule has 1 aliphatic heterocycles. The SMILES string of the molecule is Nc1nccc(-c2ccc(N)c(C(=O)Nc3cnccc3N3CCC[C@H](N)C3)n2)n1. The molecule has 1 aliphatic rings. The molecule has 0 spiro atoms. The Morgan fingerprint density at radius 1 is 1.10 bits per heavy atom. The quantitative estimate of drug-likeness (QED) is 0.501. The summed E-state index contributed by atoms with van der Waals surface area (Å²) in [6.07, 6.45) is 6.82. The van der Waals surface area contributed by atoms with E-state index in [1.165, 1.54) is 6.20 Å². The fraction of sp³-hybridized carbons (Fsp3) is 0.250. The smallest absolute Gasteiger partial charge is 0.276 e. The number of carbonyl (C=O) groups is 1. The summed E-state index contributed by atoms with van der Waals surface area (Å²) < 4.78 is 0. The fourth-order valence-corrected chi connectivity index (χ4v) is 3.48. The van der Waals surface area contributed by atoms with Crippen molar-refractivity contribution in [1.29, 1.82) is 0 Å². The van der Waals surface area contributed by atoms with Gasteiger partial charge in [0.1, 0.15) is 0 Å². The van der Waals surface area contributed by atoms with Crippen LogP contribution < -0.4 is 27.4 Å². The summed E-state index contributed by atoms with van der Waals surface area (Å²) in [7, 11) is 0. The molecule has 30 heavy (non-hydrogen) atoms. The number of nitrogens with two attached hydrogens (primary N) is 3. The van der Waals surface area contributed by atoms with Crippen molar-refractivity contribution >= 4 is 28.9 Å². The number of pyridine rings is 2. The van der Waals surface area contributed by atoms with Crippen molar-refractivity contribution < 1.29 is 4.79 Å². The van der Waals surface area contributed by atoms with Crippen molar-refractivity contribution in [2.75, 3.05) is 34.8 Å². The number of hydrogen-bond donors (Lipinski definition) is 4. The Morgan fingerprint density at radius 2 is 1.93 bits per heavy atom. The van der Waals surface area contributed by atoms with Crippen LogP contribution in [0.3, 0.4) is 0 Å². The minimum absolute atomic E-state index is 0.0924. The summed E-state index contributed by atoms with van der Waals surface area (Å²) in [4.78, 5) is 31.7. The molecule has 1 saturated heterocycles. The highest BCUT2D eigenvalue weighted by Crippen LogP contribution is 2.28. The Hall–Kier alpha value is -3.79. The minimum atomic E-state index is -0.438. The number of carbonyl (C=O) groups excluding carboxylic acids is 1. The van der Waals surface area contributed by atoms with Crippen LogP contribution in [-0.2, 0) is 0 Å². The van der Waals surface area contributed by atoms with Gasteiger partial charge in [-0.05, 0) is 37.1 Å². The molecule has 0 saturated carbocycles. The largest absolute Gasteiger partial charge is 0.397 e. The van der Waals surface area contributed by atoms with Crippen LogP contribution in [0.25, 0.3) is 11.4 Å². The third kappa shape index (κ3) is 4.13. The molecular formula is C20H23N9O. The lowest BCUT2D eigenvalue weighted by Crippen LogP contribution is -2.43. The van der Waals surface area contributed by atoms with Crippen LogP contribution in [0.2, 0.25) is 0 Å². The molecule has 0 aromatic carbocycles.